The van der Waals surface area contributed by atoms with Crippen molar-refractivity contribution in [3.63, 3.8) is 0 Å². The molecule has 0 radical (unpaired) electrons. The van der Waals surface area contributed by atoms with Crippen LogP contribution in [0.15, 0.2) is 30.5 Å². The van der Waals surface area contributed by atoms with E-state index in [0.29, 0.717) is 40.6 Å². The fourth-order valence-electron chi connectivity index (χ4n) is 5.04. The second-order valence-corrected chi connectivity index (χ2v) is 9.45. The third-order valence-electron chi connectivity index (χ3n) is 6.46. The summed E-state index contributed by atoms with van der Waals surface area (Å²) in [5, 5.41) is 15.6. The molecule has 5 rings (SSSR count). The van der Waals surface area contributed by atoms with Crippen molar-refractivity contribution in [3.05, 3.63) is 58.4 Å². The number of hydrogen-bond donors (Lipinski definition) is 2. The molecule has 1 saturated heterocycles. The minimum atomic E-state index is -0.638. The molecule has 2 unspecified atom stereocenters. The molecule has 1 fully saturated rings. The summed E-state index contributed by atoms with van der Waals surface area (Å²) >= 11 is 6.49. The first kappa shape index (κ1) is 23.3. The van der Waals surface area contributed by atoms with Crippen LogP contribution in [0, 0.1) is 30.9 Å². The first-order chi connectivity index (χ1) is 16.7. The molecular weight excluding hydrogens is 470 g/mol. The number of nitrogens with one attached hydrogen (secondary N) is 1. The third-order valence-corrected chi connectivity index (χ3v) is 6.83. The number of aromatic nitrogens is 2. The summed E-state index contributed by atoms with van der Waals surface area (Å²) in [5.41, 5.74) is 0.590. The first-order valence-electron chi connectivity index (χ1n) is 11.3. The summed E-state index contributed by atoms with van der Waals surface area (Å²) in [5.74, 6) is 1.55. The van der Waals surface area contributed by atoms with Gasteiger partial charge in [-0.3, -0.25) is 4.98 Å². The Morgan fingerprint density at radius 3 is 2.57 bits per heavy atom. The molecule has 0 amide bonds. The average molecular weight is 493 g/mol. The van der Waals surface area contributed by atoms with Gasteiger partial charge in [0.1, 0.15) is 28.2 Å². The zero-order valence-corrected chi connectivity index (χ0v) is 20.2. The van der Waals surface area contributed by atoms with Gasteiger partial charge >= 0.3 is 0 Å². The van der Waals surface area contributed by atoms with E-state index in [9.17, 15) is 9.50 Å². The number of pyridine rings is 2. The van der Waals surface area contributed by atoms with Crippen molar-refractivity contribution in [1.29, 1.82) is 0 Å². The van der Waals surface area contributed by atoms with E-state index in [2.05, 4.69) is 40.0 Å². The Morgan fingerprint density at radius 2 is 1.89 bits per heavy atom. The fraction of sp³-hybridized carbons (Fsp3) is 0.259. The number of nitrogens with zero attached hydrogens (tertiary/aromatic N) is 3. The summed E-state index contributed by atoms with van der Waals surface area (Å²) in [4.78, 5) is 11.1. The molecule has 35 heavy (non-hydrogen) atoms. The number of phenolic OH excluding ortho intramolecular Hbond substituents is 1. The maximum Gasteiger partial charge on any atom is 0.157 e. The number of piperazine rings is 1. The van der Waals surface area contributed by atoms with E-state index in [1.807, 2.05) is 0 Å². The van der Waals surface area contributed by atoms with Crippen molar-refractivity contribution in [2.45, 2.75) is 32.9 Å². The van der Waals surface area contributed by atoms with Gasteiger partial charge in [0, 0.05) is 53.1 Å². The Balaban J connectivity index is 1.81. The van der Waals surface area contributed by atoms with Gasteiger partial charge in [-0.25, -0.2) is 13.8 Å². The highest BCUT2D eigenvalue weighted by molar-refractivity contribution is 6.31. The molecule has 2 atom stereocenters. The Labute approximate surface area is 206 Å². The Hall–Kier alpha value is -3.47. The van der Waals surface area contributed by atoms with Crippen LogP contribution in [-0.4, -0.2) is 40.2 Å². The predicted molar refractivity (Wildman–Crippen MR) is 136 cm³/mol. The topological polar surface area (TPSA) is 61.3 Å². The van der Waals surface area contributed by atoms with Crippen LogP contribution in [0.2, 0.25) is 5.15 Å². The van der Waals surface area contributed by atoms with Gasteiger partial charge in [-0.15, -0.1) is 6.42 Å². The lowest BCUT2D eigenvalue weighted by Crippen LogP contribution is -2.54. The Bertz CT molecular complexity index is 1540. The van der Waals surface area contributed by atoms with Gasteiger partial charge in [0.05, 0.1) is 5.56 Å². The van der Waals surface area contributed by atoms with Crippen LogP contribution in [0.5, 0.6) is 5.75 Å². The van der Waals surface area contributed by atoms with Crippen LogP contribution in [0.4, 0.5) is 14.6 Å². The number of anilines is 1. The van der Waals surface area contributed by atoms with Gasteiger partial charge < -0.3 is 15.3 Å². The molecule has 2 aromatic heterocycles. The molecule has 2 N–H and O–H groups in total. The second-order valence-electron chi connectivity index (χ2n) is 9.09. The van der Waals surface area contributed by atoms with E-state index in [4.69, 9.17) is 18.0 Å². The normalized spacial score (nSPS) is 18.3. The fourth-order valence-corrected chi connectivity index (χ4v) is 5.22. The van der Waals surface area contributed by atoms with E-state index >= 15 is 4.39 Å². The summed E-state index contributed by atoms with van der Waals surface area (Å²) < 4.78 is 30.8. The van der Waals surface area contributed by atoms with Gasteiger partial charge in [0.2, 0.25) is 0 Å². The smallest absolute Gasteiger partial charge is 0.157 e. The lowest BCUT2D eigenvalue weighted by molar-refractivity contribution is 0.406. The van der Waals surface area contributed by atoms with Gasteiger partial charge in [-0.2, -0.15) is 0 Å². The maximum absolute atomic E-state index is 16.3. The van der Waals surface area contributed by atoms with E-state index in [0.717, 1.165) is 0 Å². The molecule has 0 aliphatic carbocycles. The molecule has 1 aliphatic heterocycles. The number of hydrogen-bond acceptors (Lipinski definition) is 5. The molecule has 178 valence electrons. The number of aryl methyl sites for hydroxylation is 1. The maximum atomic E-state index is 16.3. The molecular formula is C27H23ClF2N4O. The third kappa shape index (κ3) is 3.83. The molecule has 8 heteroatoms. The molecule has 3 heterocycles. The number of aromatic hydroxyl groups is 1. The van der Waals surface area contributed by atoms with Gasteiger partial charge in [-0.1, -0.05) is 23.6 Å². The second kappa shape index (κ2) is 8.63. The van der Waals surface area contributed by atoms with Crippen molar-refractivity contribution in [1.82, 2.24) is 15.3 Å². The largest absolute Gasteiger partial charge is 0.508 e. The van der Waals surface area contributed by atoms with E-state index in [-0.39, 0.29) is 45.2 Å². The van der Waals surface area contributed by atoms with E-state index < -0.39 is 11.6 Å². The number of terminal acetylenes is 1. The average Bonchev–Trinajstić information content (AvgIpc) is 2.80. The monoisotopic (exact) mass is 492 g/mol. The van der Waals surface area contributed by atoms with Gasteiger partial charge in [-0.05, 0) is 49.9 Å². The van der Waals surface area contributed by atoms with Crippen LogP contribution in [0.3, 0.4) is 0 Å². The minimum Gasteiger partial charge on any atom is -0.508 e. The van der Waals surface area contributed by atoms with Crippen molar-refractivity contribution in [2.24, 2.45) is 0 Å². The van der Waals surface area contributed by atoms with Crippen molar-refractivity contribution < 1.29 is 13.9 Å². The summed E-state index contributed by atoms with van der Waals surface area (Å²) in [7, 11) is 0. The number of benzene rings is 2. The molecule has 0 spiro atoms. The zero-order valence-electron chi connectivity index (χ0n) is 19.5. The van der Waals surface area contributed by atoms with Crippen LogP contribution in [0.25, 0.3) is 32.8 Å². The summed E-state index contributed by atoms with van der Waals surface area (Å²) in [6, 6.07) is 5.94. The lowest BCUT2D eigenvalue weighted by atomic mass is 9.95. The highest BCUT2D eigenvalue weighted by Crippen LogP contribution is 2.40. The zero-order chi connectivity index (χ0) is 25.0. The highest BCUT2D eigenvalue weighted by Gasteiger charge is 2.27. The Kier molecular flexibility index (Phi) is 5.74. The molecule has 5 nitrogen and oxygen atoms in total. The lowest BCUT2D eigenvalue weighted by Gasteiger charge is -2.37. The first-order valence-corrected chi connectivity index (χ1v) is 11.6. The summed E-state index contributed by atoms with van der Waals surface area (Å²) in [6.45, 7) is 7.21. The van der Waals surface area contributed by atoms with E-state index in [1.165, 1.54) is 24.3 Å². The SMILES string of the molecule is C#Cc1c(F)ccc2cc(O)cc(-c3ncc4c(N5CC(C)NC(C)C5)nc(Cl)c(C)c4c3F)c12. The van der Waals surface area contributed by atoms with Crippen molar-refractivity contribution in [2.75, 3.05) is 18.0 Å². The molecule has 1 aliphatic rings. The molecule has 0 saturated carbocycles. The number of halogens is 3. The van der Waals surface area contributed by atoms with Crippen molar-refractivity contribution in [3.8, 4) is 29.4 Å². The van der Waals surface area contributed by atoms with Crippen LogP contribution < -0.4 is 10.2 Å². The van der Waals surface area contributed by atoms with Gasteiger partial charge in [0.15, 0.2) is 5.82 Å². The van der Waals surface area contributed by atoms with Crippen LogP contribution in [0.1, 0.15) is 25.0 Å². The standard InChI is InChI=1S/C27H23ClF2N4O/c1-5-18-21(29)7-6-16-8-17(35)9-19(23(16)18)25-24(30)22-15(4)26(28)33-27(20(22)10-31-25)34-11-13(2)32-14(3)12-34/h1,6-10,13-14,32,35H,11-12H2,2-4H3. The number of rotatable bonds is 2. The summed E-state index contributed by atoms with van der Waals surface area (Å²) in [6.07, 6.45) is 7.15. The minimum absolute atomic E-state index is 0.0206. The van der Waals surface area contributed by atoms with Gasteiger partial charge in [0.25, 0.3) is 0 Å². The highest BCUT2D eigenvalue weighted by atomic mass is 35.5. The predicted octanol–water partition coefficient (Wildman–Crippen LogP) is 5.56. The van der Waals surface area contributed by atoms with Crippen molar-refractivity contribution >= 4 is 39.0 Å². The Morgan fingerprint density at radius 1 is 1.17 bits per heavy atom. The number of phenols is 1. The van der Waals surface area contributed by atoms with Crippen LogP contribution in [-0.2, 0) is 0 Å². The quantitative estimate of drug-likeness (QED) is 0.283. The molecule has 0 bridgehead atoms. The molecule has 4 aromatic rings. The number of fused-ring (bicyclic) bond motifs is 2. The molecule has 2 aromatic carbocycles. The van der Waals surface area contributed by atoms with Crippen LogP contribution >= 0.6 is 11.6 Å². The van der Waals surface area contributed by atoms with E-state index in [1.54, 1.807) is 13.1 Å².